The Morgan fingerprint density at radius 2 is 1.93 bits per heavy atom. The predicted octanol–water partition coefficient (Wildman–Crippen LogP) is 1.82. The Hall–Kier alpha value is -1.58. The summed E-state index contributed by atoms with van der Waals surface area (Å²) in [5.41, 5.74) is -0.413. The van der Waals surface area contributed by atoms with Gasteiger partial charge in [0.2, 0.25) is 0 Å². The van der Waals surface area contributed by atoms with Gasteiger partial charge in [-0.15, -0.1) is 0 Å². The summed E-state index contributed by atoms with van der Waals surface area (Å²) in [5.74, 6) is 0. The van der Waals surface area contributed by atoms with E-state index in [9.17, 15) is 4.79 Å². The van der Waals surface area contributed by atoms with Crippen molar-refractivity contribution in [2.24, 2.45) is 0 Å². The summed E-state index contributed by atoms with van der Waals surface area (Å²) in [6, 6.07) is 0. The lowest BCUT2D eigenvalue weighted by molar-refractivity contribution is -0.0483. The van der Waals surface area contributed by atoms with Gasteiger partial charge in [-0.25, -0.2) is 4.79 Å². The van der Waals surface area contributed by atoms with E-state index in [1.165, 1.54) is 0 Å². The number of hydrogen-bond acceptors (Lipinski definition) is 6. The van der Waals surface area contributed by atoms with Crippen LogP contribution in [0.2, 0.25) is 0 Å². The fraction of sp³-hybridized carbons (Fsp3) is 0.789. The Kier molecular flexibility index (Phi) is 5.55. The lowest BCUT2D eigenvalue weighted by Crippen LogP contribution is -2.48. The number of amides is 1. The molecule has 1 aromatic rings. The van der Waals surface area contributed by atoms with Crippen molar-refractivity contribution in [3.63, 3.8) is 0 Å². The molecule has 3 rings (SSSR count). The quantitative estimate of drug-likeness (QED) is 0.730. The summed E-state index contributed by atoms with van der Waals surface area (Å²) in [7, 11) is -0.440. The molecule has 2 fully saturated rings. The number of carbonyl (C=O) groups is 1. The van der Waals surface area contributed by atoms with Gasteiger partial charge in [0.1, 0.15) is 5.60 Å². The monoisotopic (exact) mass is 393 g/mol. The minimum Gasteiger partial charge on any atom is -0.444 e. The van der Waals surface area contributed by atoms with Crippen molar-refractivity contribution in [3.05, 3.63) is 12.4 Å². The molecule has 0 spiro atoms. The molecule has 1 amide bonds. The number of aromatic nitrogens is 2. The molecular weight excluding hydrogens is 361 g/mol. The van der Waals surface area contributed by atoms with Crippen molar-refractivity contribution in [2.45, 2.75) is 77.9 Å². The minimum absolute atomic E-state index is 0.146. The van der Waals surface area contributed by atoms with Crippen molar-refractivity contribution in [1.82, 2.24) is 14.7 Å². The maximum atomic E-state index is 12.3. The number of morpholine rings is 1. The van der Waals surface area contributed by atoms with Gasteiger partial charge < -0.3 is 23.7 Å². The van der Waals surface area contributed by atoms with Crippen LogP contribution in [0.15, 0.2) is 12.4 Å². The van der Waals surface area contributed by atoms with Gasteiger partial charge in [0.05, 0.1) is 37.0 Å². The predicted molar refractivity (Wildman–Crippen MR) is 105 cm³/mol. The highest BCUT2D eigenvalue weighted by Crippen LogP contribution is 2.36. The molecule has 0 bridgehead atoms. The summed E-state index contributed by atoms with van der Waals surface area (Å²) >= 11 is 0. The van der Waals surface area contributed by atoms with E-state index in [0.717, 1.165) is 5.46 Å². The van der Waals surface area contributed by atoms with Gasteiger partial charge in [0, 0.05) is 24.4 Å². The SMILES string of the molecule is CC(C)(C)OC(=O)N1CCO[C@H](Cn2cc(B3OC(C)(C)C(C)(C)O3)cn2)C1. The minimum atomic E-state index is -0.509. The molecular formula is C19H32BN3O5. The van der Waals surface area contributed by atoms with Crippen LogP contribution in [0.5, 0.6) is 0 Å². The zero-order valence-electron chi connectivity index (χ0n) is 18.0. The number of ether oxygens (including phenoxy) is 2. The molecule has 0 saturated carbocycles. The molecule has 0 aromatic carbocycles. The average Bonchev–Trinajstić information content (AvgIpc) is 3.08. The third kappa shape index (κ3) is 4.70. The fourth-order valence-electron chi connectivity index (χ4n) is 3.11. The largest absolute Gasteiger partial charge is 0.498 e. The summed E-state index contributed by atoms with van der Waals surface area (Å²) in [6.07, 6.45) is 3.22. The summed E-state index contributed by atoms with van der Waals surface area (Å²) < 4.78 is 25.2. The van der Waals surface area contributed by atoms with Crippen molar-refractivity contribution >= 4 is 18.7 Å². The van der Waals surface area contributed by atoms with Gasteiger partial charge in [0.25, 0.3) is 0 Å². The second kappa shape index (κ2) is 7.35. The molecule has 3 heterocycles. The summed E-state index contributed by atoms with van der Waals surface area (Å²) in [6.45, 7) is 15.7. The molecule has 156 valence electrons. The number of nitrogens with zero attached hydrogens (tertiary/aromatic N) is 3. The molecule has 2 aliphatic heterocycles. The van der Waals surface area contributed by atoms with Crippen LogP contribution in [-0.4, -0.2) is 70.5 Å². The average molecular weight is 393 g/mol. The molecule has 28 heavy (non-hydrogen) atoms. The topological polar surface area (TPSA) is 75.0 Å². The van der Waals surface area contributed by atoms with Gasteiger partial charge in [-0.05, 0) is 48.5 Å². The number of hydrogen-bond donors (Lipinski definition) is 0. The number of rotatable bonds is 3. The Bertz CT molecular complexity index is 697. The van der Waals surface area contributed by atoms with Crippen LogP contribution in [0, 0.1) is 0 Å². The summed E-state index contributed by atoms with van der Waals surface area (Å²) in [4.78, 5) is 14.0. The molecule has 0 N–H and O–H groups in total. The smallest absolute Gasteiger partial charge is 0.444 e. The molecule has 2 saturated heterocycles. The zero-order valence-corrected chi connectivity index (χ0v) is 18.0. The second-order valence-corrected chi connectivity index (χ2v) is 9.50. The van der Waals surface area contributed by atoms with Gasteiger partial charge in [-0.2, -0.15) is 5.10 Å². The van der Waals surface area contributed by atoms with E-state index >= 15 is 0 Å². The summed E-state index contributed by atoms with van der Waals surface area (Å²) in [5, 5.41) is 4.42. The first kappa shape index (κ1) is 21.1. The Balaban J connectivity index is 1.59. The van der Waals surface area contributed by atoms with E-state index in [0.29, 0.717) is 26.2 Å². The lowest BCUT2D eigenvalue weighted by atomic mass is 9.82. The van der Waals surface area contributed by atoms with Crippen molar-refractivity contribution in [3.8, 4) is 0 Å². The maximum Gasteiger partial charge on any atom is 0.498 e. The van der Waals surface area contributed by atoms with E-state index in [2.05, 4.69) is 5.10 Å². The molecule has 0 radical (unpaired) electrons. The first-order valence-corrected chi connectivity index (χ1v) is 9.84. The van der Waals surface area contributed by atoms with E-state index in [-0.39, 0.29) is 23.4 Å². The molecule has 1 aromatic heterocycles. The van der Waals surface area contributed by atoms with Crippen LogP contribution >= 0.6 is 0 Å². The third-order valence-corrected chi connectivity index (χ3v) is 5.36. The maximum absolute atomic E-state index is 12.3. The van der Waals surface area contributed by atoms with Gasteiger partial charge >= 0.3 is 13.2 Å². The molecule has 1 atom stereocenters. The molecule has 9 heteroatoms. The first-order chi connectivity index (χ1) is 12.9. The van der Waals surface area contributed by atoms with Crippen LogP contribution in [0.25, 0.3) is 0 Å². The van der Waals surface area contributed by atoms with Gasteiger partial charge in [0.15, 0.2) is 0 Å². The van der Waals surface area contributed by atoms with Crippen molar-refractivity contribution in [2.75, 3.05) is 19.7 Å². The fourth-order valence-corrected chi connectivity index (χ4v) is 3.11. The van der Waals surface area contributed by atoms with Crippen LogP contribution < -0.4 is 5.46 Å². The molecule has 0 aliphatic carbocycles. The van der Waals surface area contributed by atoms with E-state index in [1.807, 2.05) is 59.3 Å². The molecule has 0 unspecified atom stereocenters. The second-order valence-electron chi connectivity index (χ2n) is 9.50. The van der Waals surface area contributed by atoms with E-state index in [1.54, 1.807) is 11.1 Å². The van der Waals surface area contributed by atoms with E-state index in [4.69, 9.17) is 18.8 Å². The highest BCUT2D eigenvalue weighted by atomic mass is 16.7. The lowest BCUT2D eigenvalue weighted by Gasteiger charge is -2.34. The Morgan fingerprint density at radius 3 is 2.54 bits per heavy atom. The van der Waals surface area contributed by atoms with Crippen LogP contribution in [-0.2, 0) is 25.3 Å². The Labute approximate surface area is 167 Å². The zero-order chi connectivity index (χ0) is 20.7. The third-order valence-electron chi connectivity index (χ3n) is 5.36. The van der Waals surface area contributed by atoms with Crippen LogP contribution in [0.3, 0.4) is 0 Å². The molecule has 8 nitrogen and oxygen atoms in total. The van der Waals surface area contributed by atoms with Gasteiger partial charge in [-0.3, -0.25) is 4.68 Å². The normalized spacial score (nSPS) is 24.5. The Morgan fingerprint density at radius 1 is 1.29 bits per heavy atom. The molecule has 2 aliphatic rings. The van der Waals surface area contributed by atoms with Crippen molar-refractivity contribution < 1.29 is 23.6 Å². The highest BCUT2D eigenvalue weighted by Gasteiger charge is 2.52. The number of carbonyl (C=O) groups excluding carboxylic acids is 1. The highest BCUT2D eigenvalue weighted by molar-refractivity contribution is 6.61. The van der Waals surface area contributed by atoms with Crippen LogP contribution in [0.1, 0.15) is 48.5 Å². The van der Waals surface area contributed by atoms with E-state index < -0.39 is 12.7 Å². The van der Waals surface area contributed by atoms with Gasteiger partial charge in [-0.1, -0.05) is 0 Å². The standard InChI is InChI=1S/C19H32BN3O5/c1-17(2,3)26-16(24)22-8-9-25-15(12-22)13-23-11-14(10-21-23)20-27-18(4,5)19(6,7)28-20/h10-11,15H,8-9,12-13H2,1-7H3/t15-/m0/s1. The first-order valence-electron chi connectivity index (χ1n) is 9.84. The van der Waals surface area contributed by atoms with Crippen molar-refractivity contribution in [1.29, 1.82) is 0 Å². The van der Waals surface area contributed by atoms with Crippen LogP contribution in [0.4, 0.5) is 4.79 Å².